The molecular formula is C28H34F3NO7. The van der Waals surface area contributed by atoms with E-state index < -0.39 is 41.6 Å². The van der Waals surface area contributed by atoms with E-state index in [4.69, 9.17) is 18.9 Å². The van der Waals surface area contributed by atoms with Gasteiger partial charge in [0.2, 0.25) is 0 Å². The van der Waals surface area contributed by atoms with Gasteiger partial charge in [-0.2, -0.15) is 13.2 Å². The second-order valence-corrected chi connectivity index (χ2v) is 9.99. The van der Waals surface area contributed by atoms with Crippen LogP contribution in [0.2, 0.25) is 0 Å². The number of ether oxygens (including phenoxy) is 4. The van der Waals surface area contributed by atoms with E-state index in [1.165, 1.54) is 19.2 Å². The molecule has 1 aliphatic carbocycles. The van der Waals surface area contributed by atoms with Gasteiger partial charge < -0.3 is 34.5 Å². The first-order valence-electron chi connectivity index (χ1n) is 12.9. The molecular weight excluding hydrogens is 519 g/mol. The van der Waals surface area contributed by atoms with E-state index >= 15 is 0 Å². The van der Waals surface area contributed by atoms with E-state index in [0.29, 0.717) is 12.4 Å². The highest BCUT2D eigenvalue weighted by atomic mass is 19.4. The zero-order valence-electron chi connectivity index (χ0n) is 21.7. The Labute approximate surface area is 225 Å². The predicted molar refractivity (Wildman–Crippen MR) is 134 cm³/mol. The van der Waals surface area contributed by atoms with Gasteiger partial charge in [-0.3, -0.25) is 4.79 Å². The number of hydrogen-bond acceptors (Lipinski definition) is 7. The average Bonchev–Trinajstić information content (AvgIpc) is 3.45. The lowest BCUT2D eigenvalue weighted by atomic mass is 9.78. The van der Waals surface area contributed by atoms with Crippen LogP contribution in [-0.4, -0.2) is 66.4 Å². The Morgan fingerprint density at radius 2 is 1.85 bits per heavy atom. The molecule has 1 saturated heterocycles. The summed E-state index contributed by atoms with van der Waals surface area (Å²) in [5.41, 5.74) is -1.43. The fourth-order valence-corrected chi connectivity index (χ4v) is 4.96. The van der Waals surface area contributed by atoms with Crippen molar-refractivity contribution in [3.8, 4) is 5.75 Å². The van der Waals surface area contributed by atoms with Crippen LogP contribution >= 0.6 is 0 Å². The summed E-state index contributed by atoms with van der Waals surface area (Å²) in [6, 6.07) is 11.8. The highest BCUT2D eigenvalue weighted by Gasteiger charge is 2.51. The summed E-state index contributed by atoms with van der Waals surface area (Å²) in [6.07, 6.45) is -7.07. The number of carbonyl (C=O) groups is 1. The van der Waals surface area contributed by atoms with Gasteiger partial charge in [0.1, 0.15) is 11.9 Å². The molecule has 0 radical (unpaired) electrons. The van der Waals surface area contributed by atoms with Crippen molar-refractivity contribution in [2.24, 2.45) is 0 Å². The molecule has 8 nitrogen and oxygen atoms in total. The lowest BCUT2D eigenvalue weighted by Gasteiger charge is -2.44. The summed E-state index contributed by atoms with van der Waals surface area (Å²) in [4.78, 5) is 13.6. The molecule has 1 amide bonds. The minimum absolute atomic E-state index is 0.00765. The van der Waals surface area contributed by atoms with Crippen LogP contribution in [0.1, 0.15) is 42.4 Å². The molecule has 2 unspecified atom stereocenters. The molecule has 2 aliphatic rings. The average molecular weight is 554 g/mol. The summed E-state index contributed by atoms with van der Waals surface area (Å²) < 4.78 is 62.2. The summed E-state index contributed by atoms with van der Waals surface area (Å²) in [7, 11) is 1.53. The lowest BCUT2D eigenvalue weighted by Crippen LogP contribution is -2.61. The number of amides is 1. The Hall–Kier alpha value is -2.70. The fourth-order valence-electron chi connectivity index (χ4n) is 4.96. The third-order valence-corrected chi connectivity index (χ3v) is 7.14. The molecule has 2 aromatic carbocycles. The summed E-state index contributed by atoms with van der Waals surface area (Å²) in [6.45, 7) is 0.626. The highest BCUT2D eigenvalue weighted by Crippen LogP contribution is 2.36. The van der Waals surface area contributed by atoms with Crippen LogP contribution < -0.4 is 10.1 Å². The molecule has 0 bridgehead atoms. The molecule has 0 aromatic heterocycles. The molecule has 2 fully saturated rings. The minimum atomic E-state index is -4.51. The number of aliphatic hydroxyl groups is 2. The first-order chi connectivity index (χ1) is 18.6. The molecule has 39 heavy (non-hydrogen) atoms. The second kappa shape index (κ2) is 12.6. The van der Waals surface area contributed by atoms with Gasteiger partial charge in [-0.05, 0) is 48.2 Å². The van der Waals surface area contributed by atoms with E-state index in [0.717, 1.165) is 30.5 Å². The number of aliphatic hydroxyl groups excluding tert-OH is 2. The number of halogens is 3. The maximum Gasteiger partial charge on any atom is 0.416 e. The third kappa shape index (κ3) is 7.49. The van der Waals surface area contributed by atoms with Crippen LogP contribution in [0.5, 0.6) is 5.75 Å². The largest absolute Gasteiger partial charge is 0.497 e. The number of alkyl halides is 3. The van der Waals surface area contributed by atoms with Crippen molar-refractivity contribution in [2.45, 2.75) is 75.1 Å². The van der Waals surface area contributed by atoms with Crippen LogP contribution in [0.15, 0.2) is 48.5 Å². The van der Waals surface area contributed by atoms with Crippen LogP contribution in [-0.2, 0) is 38.4 Å². The molecule has 2 aromatic rings. The van der Waals surface area contributed by atoms with Crippen LogP contribution in [0.4, 0.5) is 13.2 Å². The number of methoxy groups -OCH3 is 1. The molecule has 11 heteroatoms. The number of benzene rings is 2. The molecule has 1 heterocycles. The van der Waals surface area contributed by atoms with Gasteiger partial charge in [-0.25, -0.2) is 0 Å². The number of carbonyl (C=O) groups excluding carboxylic acids is 1. The molecule has 4 rings (SSSR count). The zero-order valence-corrected chi connectivity index (χ0v) is 21.7. The molecule has 5 atom stereocenters. The van der Waals surface area contributed by atoms with E-state index in [-0.39, 0.29) is 44.3 Å². The molecule has 1 aliphatic heterocycles. The van der Waals surface area contributed by atoms with E-state index in [1.807, 2.05) is 0 Å². The second-order valence-electron chi connectivity index (χ2n) is 9.99. The standard InChI is InChI=1S/C28H34F3NO7/c1-36-21-8-3-6-19(12-21)17-39-27(26(35)32-15-22-9-4-10-37-22)13-23(33)25(34)24(14-27)38-16-18-5-2-7-20(11-18)28(29,30)31/h2-3,5-8,11-12,22-25,33-34H,4,9-10,13-17H2,1H3,(H,32,35)/t22?,23-,24?,25-,27+/m1/s1. The normalized spacial score (nSPS) is 27.3. The lowest BCUT2D eigenvalue weighted by molar-refractivity contribution is -0.200. The van der Waals surface area contributed by atoms with Gasteiger partial charge in [-0.15, -0.1) is 0 Å². The van der Waals surface area contributed by atoms with Gasteiger partial charge in [-0.1, -0.05) is 24.3 Å². The van der Waals surface area contributed by atoms with Crippen molar-refractivity contribution < 1.29 is 47.1 Å². The Balaban J connectivity index is 1.52. The Morgan fingerprint density at radius 1 is 1.10 bits per heavy atom. The smallest absolute Gasteiger partial charge is 0.416 e. The SMILES string of the molecule is COc1cccc(CO[C@]2(C(=O)NCC3CCCO3)CC(OCc3cccc(C(F)(F)F)c3)[C@H](O)[C@H](O)C2)c1. The molecule has 1 saturated carbocycles. The zero-order chi connectivity index (χ0) is 28.0. The Bertz CT molecular complexity index is 1110. The molecule has 0 spiro atoms. The summed E-state index contributed by atoms with van der Waals surface area (Å²) >= 11 is 0. The maximum atomic E-state index is 13.6. The first-order valence-corrected chi connectivity index (χ1v) is 12.9. The van der Waals surface area contributed by atoms with Crippen LogP contribution in [0, 0.1) is 0 Å². The van der Waals surface area contributed by atoms with E-state index in [1.54, 1.807) is 24.3 Å². The van der Waals surface area contributed by atoms with Gasteiger partial charge >= 0.3 is 6.18 Å². The third-order valence-electron chi connectivity index (χ3n) is 7.14. The van der Waals surface area contributed by atoms with E-state index in [2.05, 4.69) is 5.32 Å². The summed E-state index contributed by atoms with van der Waals surface area (Å²) in [5, 5.41) is 24.3. The highest BCUT2D eigenvalue weighted by molar-refractivity contribution is 5.85. The van der Waals surface area contributed by atoms with Gasteiger partial charge in [0.25, 0.3) is 5.91 Å². The van der Waals surface area contributed by atoms with Crippen molar-refractivity contribution in [1.29, 1.82) is 0 Å². The van der Waals surface area contributed by atoms with Crippen molar-refractivity contribution in [2.75, 3.05) is 20.3 Å². The number of hydrogen-bond donors (Lipinski definition) is 3. The van der Waals surface area contributed by atoms with Crippen molar-refractivity contribution in [1.82, 2.24) is 5.32 Å². The van der Waals surface area contributed by atoms with Crippen molar-refractivity contribution >= 4 is 5.91 Å². The molecule has 3 N–H and O–H groups in total. The quantitative estimate of drug-likeness (QED) is 0.414. The minimum Gasteiger partial charge on any atom is -0.497 e. The van der Waals surface area contributed by atoms with Gasteiger partial charge in [0, 0.05) is 26.0 Å². The predicted octanol–water partition coefficient (Wildman–Crippen LogP) is 3.37. The van der Waals surface area contributed by atoms with Crippen molar-refractivity contribution in [3.05, 3.63) is 65.2 Å². The fraction of sp³-hybridized carbons (Fsp3) is 0.536. The van der Waals surface area contributed by atoms with Gasteiger partial charge in [0.15, 0.2) is 5.60 Å². The Morgan fingerprint density at radius 3 is 2.54 bits per heavy atom. The Kier molecular flexibility index (Phi) is 9.50. The van der Waals surface area contributed by atoms with Crippen molar-refractivity contribution in [3.63, 3.8) is 0 Å². The van der Waals surface area contributed by atoms with Crippen LogP contribution in [0.3, 0.4) is 0 Å². The van der Waals surface area contributed by atoms with E-state index in [9.17, 15) is 28.2 Å². The number of nitrogens with one attached hydrogen (secondary N) is 1. The van der Waals surface area contributed by atoms with Crippen LogP contribution in [0.25, 0.3) is 0 Å². The number of rotatable bonds is 10. The maximum absolute atomic E-state index is 13.6. The first kappa shape index (κ1) is 29.3. The van der Waals surface area contributed by atoms with Gasteiger partial charge in [0.05, 0.1) is 44.2 Å². The molecule has 214 valence electrons. The summed E-state index contributed by atoms with van der Waals surface area (Å²) in [5.74, 6) is 0.119. The topological polar surface area (TPSA) is 106 Å². The monoisotopic (exact) mass is 553 g/mol.